The SMILES string of the molecule is OC1c2ccc3c(oc4ccccc43)c2-c2c1ccc1c2sc2ccccc21. The second-order valence-electron chi connectivity index (χ2n) is 7.41. The molecule has 0 fully saturated rings. The fraction of sp³-hybridized carbons (Fsp3) is 0.0400. The maximum Gasteiger partial charge on any atom is 0.143 e. The molecule has 0 aliphatic heterocycles. The van der Waals surface area contributed by atoms with Crippen molar-refractivity contribution < 1.29 is 9.52 Å². The lowest BCUT2D eigenvalue weighted by Gasteiger charge is -2.05. The molecule has 2 aromatic heterocycles. The average molecular weight is 378 g/mol. The van der Waals surface area contributed by atoms with Gasteiger partial charge in [-0.2, -0.15) is 0 Å². The number of furan rings is 1. The minimum Gasteiger partial charge on any atom is -0.455 e. The van der Waals surface area contributed by atoms with Gasteiger partial charge in [0.05, 0.1) is 0 Å². The third-order valence-corrected chi connectivity index (χ3v) is 7.20. The standard InChI is InChI=1S/C25H14O2S/c26-23-17-11-9-15-13-5-1-3-7-19(13)27-24(15)21(17)22-18(23)12-10-16-14-6-2-4-8-20(14)28-25(16)22/h1-12,23,26H. The van der Waals surface area contributed by atoms with Crippen LogP contribution in [0.5, 0.6) is 0 Å². The lowest BCUT2D eigenvalue weighted by atomic mass is 10.0. The molecule has 2 heterocycles. The lowest BCUT2D eigenvalue weighted by molar-refractivity contribution is 0.225. The zero-order valence-electron chi connectivity index (χ0n) is 14.8. The molecular weight excluding hydrogens is 364 g/mol. The van der Waals surface area contributed by atoms with Crippen molar-refractivity contribution in [3.8, 4) is 11.1 Å². The first-order valence-electron chi connectivity index (χ1n) is 9.38. The first-order valence-corrected chi connectivity index (χ1v) is 10.2. The molecule has 0 amide bonds. The van der Waals surface area contributed by atoms with Gasteiger partial charge in [0, 0.05) is 42.1 Å². The van der Waals surface area contributed by atoms with Crippen molar-refractivity contribution in [1.82, 2.24) is 0 Å². The van der Waals surface area contributed by atoms with Gasteiger partial charge in [0.15, 0.2) is 0 Å². The van der Waals surface area contributed by atoms with Crippen LogP contribution in [0.25, 0.3) is 53.2 Å². The number of para-hydroxylation sites is 1. The van der Waals surface area contributed by atoms with E-state index in [1.54, 1.807) is 11.3 Å². The second kappa shape index (κ2) is 5.02. The van der Waals surface area contributed by atoms with Crippen LogP contribution in [0.15, 0.2) is 77.2 Å². The summed E-state index contributed by atoms with van der Waals surface area (Å²) < 4.78 is 8.81. The van der Waals surface area contributed by atoms with E-state index < -0.39 is 6.10 Å². The Hall–Kier alpha value is -3.14. The fourth-order valence-electron chi connectivity index (χ4n) is 4.75. The summed E-state index contributed by atoms with van der Waals surface area (Å²) in [7, 11) is 0. The molecule has 0 radical (unpaired) electrons. The van der Waals surface area contributed by atoms with E-state index in [4.69, 9.17) is 4.42 Å². The molecule has 1 N–H and O–H groups in total. The molecule has 1 aliphatic carbocycles. The van der Waals surface area contributed by atoms with E-state index in [1.165, 1.54) is 20.2 Å². The van der Waals surface area contributed by atoms with Crippen molar-refractivity contribution in [2.45, 2.75) is 6.10 Å². The Labute approximate surface area is 164 Å². The average Bonchev–Trinajstić information content (AvgIpc) is 3.38. The minimum atomic E-state index is -0.614. The van der Waals surface area contributed by atoms with Gasteiger partial charge in [-0.05, 0) is 23.3 Å². The van der Waals surface area contributed by atoms with Crippen LogP contribution in [0.1, 0.15) is 17.2 Å². The van der Waals surface area contributed by atoms with E-state index in [0.717, 1.165) is 44.2 Å². The van der Waals surface area contributed by atoms with Crippen molar-refractivity contribution in [2.75, 3.05) is 0 Å². The Balaban J connectivity index is 1.71. The van der Waals surface area contributed by atoms with E-state index in [-0.39, 0.29) is 0 Å². The summed E-state index contributed by atoms with van der Waals surface area (Å²) in [5.74, 6) is 0. The van der Waals surface area contributed by atoms with Crippen LogP contribution in [0.2, 0.25) is 0 Å². The largest absolute Gasteiger partial charge is 0.455 e. The van der Waals surface area contributed by atoms with E-state index in [9.17, 15) is 5.11 Å². The molecule has 2 nitrogen and oxygen atoms in total. The quantitative estimate of drug-likeness (QED) is 0.308. The summed E-state index contributed by atoms with van der Waals surface area (Å²) in [5.41, 5.74) is 5.85. The van der Waals surface area contributed by atoms with E-state index in [0.29, 0.717) is 0 Å². The van der Waals surface area contributed by atoms with Crippen LogP contribution in [0.4, 0.5) is 0 Å². The van der Waals surface area contributed by atoms with Crippen LogP contribution in [0.3, 0.4) is 0 Å². The highest BCUT2D eigenvalue weighted by Crippen LogP contribution is 2.53. The van der Waals surface area contributed by atoms with Gasteiger partial charge < -0.3 is 9.52 Å². The molecule has 1 aliphatic rings. The van der Waals surface area contributed by atoms with Crippen molar-refractivity contribution in [1.29, 1.82) is 0 Å². The molecule has 1 unspecified atom stereocenters. The van der Waals surface area contributed by atoms with Crippen molar-refractivity contribution in [3.05, 3.63) is 83.9 Å². The van der Waals surface area contributed by atoms with E-state index in [1.807, 2.05) is 18.2 Å². The number of benzene rings is 4. The molecule has 0 saturated carbocycles. The molecule has 7 rings (SSSR count). The van der Waals surface area contributed by atoms with Gasteiger partial charge in [0.25, 0.3) is 0 Å². The second-order valence-corrected chi connectivity index (χ2v) is 8.46. The van der Waals surface area contributed by atoms with Crippen LogP contribution < -0.4 is 0 Å². The van der Waals surface area contributed by atoms with Gasteiger partial charge in [-0.25, -0.2) is 0 Å². The van der Waals surface area contributed by atoms with E-state index in [2.05, 4.69) is 54.6 Å². The normalized spacial score (nSPS) is 15.7. The van der Waals surface area contributed by atoms with Crippen LogP contribution >= 0.6 is 11.3 Å². The van der Waals surface area contributed by atoms with Gasteiger partial charge in [-0.3, -0.25) is 0 Å². The Morgan fingerprint density at radius 3 is 2.29 bits per heavy atom. The maximum absolute atomic E-state index is 11.1. The van der Waals surface area contributed by atoms with Gasteiger partial charge >= 0.3 is 0 Å². The van der Waals surface area contributed by atoms with Crippen LogP contribution in [0, 0.1) is 0 Å². The lowest BCUT2D eigenvalue weighted by Crippen LogP contribution is -1.92. The summed E-state index contributed by atoms with van der Waals surface area (Å²) in [6.45, 7) is 0. The summed E-state index contributed by atoms with van der Waals surface area (Å²) in [6.07, 6.45) is -0.614. The van der Waals surface area contributed by atoms with Gasteiger partial charge in [-0.1, -0.05) is 60.7 Å². The summed E-state index contributed by atoms with van der Waals surface area (Å²) in [5, 5.41) is 15.8. The van der Waals surface area contributed by atoms with Crippen LogP contribution in [-0.4, -0.2) is 5.11 Å². The summed E-state index contributed by atoms with van der Waals surface area (Å²) in [4.78, 5) is 0. The predicted octanol–water partition coefficient (Wildman–Crippen LogP) is 7.02. The number of aliphatic hydroxyl groups is 1. The third-order valence-electron chi connectivity index (χ3n) is 6.00. The Morgan fingerprint density at radius 1 is 0.679 bits per heavy atom. The summed E-state index contributed by atoms with van der Waals surface area (Å²) in [6, 6.07) is 25.0. The molecular formula is C25H14O2S. The molecule has 28 heavy (non-hydrogen) atoms. The Morgan fingerprint density at radius 2 is 1.39 bits per heavy atom. The minimum absolute atomic E-state index is 0.614. The van der Waals surface area contributed by atoms with Gasteiger partial charge in [0.1, 0.15) is 17.3 Å². The Bertz CT molecular complexity index is 1470. The molecule has 4 aromatic carbocycles. The third kappa shape index (κ3) is 1.67. The van der Waals surface area contributed by atoms with Gasteiger partial charge in [-0.15, -0.1) is 11.3 Å². The molecule has 0 bridgehead atoms. The topological polar surface area (TPSA) is 33.4 Å². The molecule has 132 valence electrons. The highest BCUT2D eigenvalue weighted by molar-refractivity contribution is 7.26. The number of aliphatic hydroxyl groups excluding tert-OH is 1. The first kappa shape index (κ1) is 14.9. The zero-order valence-corrected chi connectivity index (χ0v) is 15.6. The number of hydrogen-bond acceptors (Lipinski definition) is 3. The monoisotopic (exact) mass is 378 g/mol. The van der Waals surface area contributed by atoms with Crippen LogP contribution in [-0.2, 0) is 0 Å². The predicted molar refractivity (Wildman–Crippen MR) is 116 cm³/mol. The molecule has 6 aromatic rings. The molecule has 0 spiro atoms. The highest BCUT2D eigenvalue weighted by Gasteiger charge is 2.33. The molecule has 3 heteroatoms. The first-order chi connectivity index (χ1) is 13.8. The molecule has 0 saturated heterocycles. The number of rotatable bonds is 0. The van der Waals surface area contributed by atoms with Crippen molar-refractivity contribution in [3.63, 3.8) is 0 Å². The highest BCUT2D eigenvalue weighted by atomic mass is 32.1. The maximum atomic E-state index is 11.1. The van der Waals surface area contributed by atoms with Crippen molar-refractivity contribution >= 4 is 53.4 Å². The Kier molecular flexibility index (Phi) is 2.66. The molecule has 1 atom stereocenters. The van der Waals surface area contributed by atoms with Crippen molar-refractivity contribution in [2.24, 2.45) is 0 Å². The number of thiophene rings is 1. The number of fused-ring (bicyclic) bond motifs is 11. The van der Waals surface area contributed by atoms with E-state index >= 15 is 0 Å². The smallest absolute Gasteiger partial charge is 0.143 e. The van der Waals surface area contributed by atoms with Gasteiger partial charge in [0.2, 0.25) is 0 Å². The fourth-order valence-corrected chi connectivity index (χ4v) is 6.01. The number of hydrogen-bond donors (Lipinski definition) is 1. The summed E-state index contributed by atoms with van der Waals surface area (Å²) >= 11 is 1.80. The zero-order chi connectivity index (χ0) is 18.4.